The van der Waals surface area contributed by atoms with Crippen LogP contribution in [-0.2, 0) is 12.7 Å². The second kappa shape index (κ2) is 7.26. The normalized spacial score (nSPS) is 12.8. The van der Waals surface area contributed by atoms with Gasteiger partial charge in [0.15, 0.2) is 5.69 Å². The highest BCUT2D eigenvalue weighted by Gasteiger charge is 2.30. The Morgan fingerprint density at radius 3 is 2.62 bits per heavy atom. The van der Waals surface area contributed by atoms with E-state index in [9.17, 15) is 23.1 Å². The van der Waals surface area contributed by atoms with E-state index in [4.69, 9.17) is 0 Å². The monoisotopic (exact) mass is 382 g/mol. The van der Waals surface area contributed by atoms with E-state index in [0.717, 1.165) is 29.1 Å². The first kappa shape index (κ1) is 18.1. The minimum atomic E-state index is -4.44. The Bertz CT molecular complexity index is 876. The Hall–Kier alpha value is -2.72. The van der Waals surface area contributed by atoms with Crippen LogP contribution in [0.5, 0.6) is 0 Å². The summed E-state index contributed by atoms with van der Waals surface area (Å²) in [6.45, 7) is 0.126. The van der Waals surface area contributed by atoms with E-state index in [-0.39, 0.29) is 17.9 Å². The van der Waals surface area contributed by atoms with Gasteiger partial charge in [-0.25, -0.2) is 4.68 Å². The third-order valence-corrected chi connectivity index (χ3v) is 4.45. The van der Waals surface area contributed by atoms with Crippen molar-refractivity contribution in [2.24, 2.45) is 0 Å². The molecule has 0 aliphatic heterocycles. The minimum absolute atomic E-state index is 0.0109. The molecule has 2 N–H and O–H groups in total. The summed E-state index contributed by atoms with van der Waals surface area (Å²) in [7, 11) is 0. The summed E-state index contributed by atoms with van der Waals surface area (Å²) >= 11 is 1.40. The molecule has 6 nitrogen and oxygen atoms in total. The maximum absolute atomic E-state index is 12.5. The van der Waals surface area contributed by atoms with Gasteiger partial charge in [-0.3, -0.25) is 4.79 Å². The number of halogens is 3. The van der Waals surface area contributed by atoms with Crippen LogP contribution in [0.25, 0.3) is 0 Å². The van der Waals surface area contributed by atoms with E-state index in [1.54, 1.807) is 6.07 Å². The molecule has 2 aromatic heterocycles. The molecule has 26 heavy (non-hydrogen) atoms. The van der Waals surface area contributed by atoms with Gasteiger partial charge < -0.3 is 10.4 Å². The lowest BCUT2D eigenvalue weighted by molar-refractivity contribution is -0.137. The van der Waals surface area contributed by atoms with Crippen molar-refractivity contribution in [1.82, 2.24) is 15.0 Å². The number of nitrogens with zero attached hydrogens (tertiary/aromatic N) is 3. The maximum atomic E-state index is 12.5. The van der Waals surface area contributed by atoms with Gasteiger partial charge in [0.25, 0.3) is 5.91 Å². The van der Waals surface area contributed by atoms with Gasteiger partial charge in [0.05, 0.1) is 18.3 Å². The number of amides is 1. The highest BCUT2D eigenvalue weighted by atomic mass is 32.1. The molecule has 2 heterocycles. The predicted molar refractivity (Wildman–Crippen MR) is 88.7 cm³/mol. The van der Waals surface area contributed by atoms with Crippen LogP contribution in [0.1, 0.15) is 27.0 Å². The second-order valence-electron chi connectivity index (χ2n) is 5.39. The zero-order chi connectivity index (χ0) is 18.7. The molecule has 0 unspecified atom stereocenters. The fourth-order valence-electron chi connectivity index (χ4n) is 2.18. The Morgan fingerprint density at radius 2 is 2.00 bits per heavy atom. The molecule has 0 aliphatic carbocycles. The van der Waals surface area contributed by atoms with Crippen molar-refractivity contribution in [1.29, 1.82) is 0 Å². The molecule has 0 spiro atoms. The van der Waals surface area contributed by atoms with Gasteiger partial charge in [-0.2, -0.15) is 13.2 Å². The smallest absolute Gasteiger partial charge is 0.386 e. The molecule has 10 heteroatoms. The lowest BCUT2D eigenvalue weighted by Gasteiger charge is -2.08. The zero-order valence-electron chi connectivity index (χ0n) is 13.1. The number of thiophene rings is 1. The topological polar surface area (TPSA) is 80.0 Å². The third-order valence-electron chi connectivity index (χ3n) is 3.47. The van der Waals surface area contributed by atoms with Gasteiger partial charge in [0, 0.05) is 10.6 Å². The van der Waals surface area contributed by atoms with E-state index in [1.807, 2.05) is 11.4 Å². The van der Waals surface area contributed by atoms with Gasteiger partial charge >= 0.3 is 6.18 Å². The molecule has 0 saturated carbocycles. The molecule has 3 aromatic rings. The fourth-order valence-corrected chi connectivity index (χ4v) is 2.88. The van der Waals surface area contributed by atoms with Crippen LogP contribution in [0.3, 0.4) is 0 Å². The number of carbonyl (C=O) groups is 1. The summed E-state index contributed by atoms with van der Waals surface area (Å²) in [5, 5.41) is 21.8. The average molecular weight is 382 g/mol. The van der Waals surface area contributed by atoms with Crippen LogP contribution >= 0.6 is 11.3 Å². The standard InChI is InChI=1S/C16H13F3N4O2S/c17-16(18,19)10-3-5-11(6-4-10)20-15(25)12-8-23(22-21-12)9-13(24)14-2-1-7-26-14/h1-8,13,24H,9H2,(H,20,25)/t13-/m1/s1. The van der Waals surface area contributed by atoms with E-state index >= 15 is 0 Å². The first-order valence-corrected chi connectivity index (χ1v) is 8.31. The van der Waals surface area contributed by atoms with Crippen LogP contribution in [0, 0.1) is 0 Å². The van der Waals surface area contributed by atoms with Crippen molar-refractivity contribution in [3.8, 4) is 0 Å². The number of rotatable bonds is 5. The molecule has 3 rings (SSSR count). The van der Waals surface area contributed by atoms with Crippen LogP contribution in [0.4, 0.5) is 18.9 Å². The van der Waals surface area contributed by atoms with Gasteiger partial charge in [0.1, 0.15) is 6.10 Å². The maximum Gasteiger partial charge on any atom is 0.416 e. The first-order chi connectivity index (χ1) is 12.3. The number of benzene rings is 1. The highest BCUT2D eigenvalue weighted by Crippen LogP contribution is 2.29. The van der Waals surface area contributed by atoms with Gasteiger partial charge in [0.2, 0.25) is 0 Å². The number of aromatic nitrogens is 3. The molecule has 0 fully saturated rings. The van der Waals surface area contributed by atoms with Gasteiger partial charge in [-0.15, -0.1) is 16.4 Å². The summed E-state index contributed by atoms with van der Waals surface area (Å²) in [6, 6.07) is 7.67. The summed E-state index contributed by atoms with van der Waals surface area (Å²) in [6.07, 6.45) is -3.85. The van der Waals surface area contributed by atoms with Crippen molar-refractivity contribution in [2.45, 2.75) is 18.8 Å². The van der Waals surface area contributed by atoms with Crippen LogP contribution < -0.4 is 5.32 Å². The lowest BCUT2D eigenvalue weighted by atomic mass is 10.2. The fraction of sp³-hybridized carbons (Fsp3) is 0.188. The van der Waals surface area contributed by atoms with Gasteiger partial charge in [-0.1, -0.05) is 11.3 Å². The number of hydrogen-bond acceptors (Lipinski definition) is 5. The lowest BCUT2D eigenvalue weighted by Crippen LogP contribution is -2.13. The number of carbonyl (C=O) groups excluding carboxylic acids is 1. The SMILES string of the molecule is O=C(Nc1ccc(C(F)(F)F)cc1)c1cn(C[C@@H](O)c2cccs2)nn1. The number of anilines is 1. The molecule has 0 bridgehead atoms. The van der Waals surface area contributed by atoms with Crippen molar-refractivity contribution < 1.29 is 23.1 Å². The Labute approximate surface area is 149 Å². The Morgan fingerprint density at radius 1 is 1.27 bits per heavy atom. The van der Waals surface area contributed by atoms with Gasteiger partial charge in [-0.05, 0) is 35.7 Å². The molecule has 1 aromatic carbocycles. The third kappa shape index (κ3) is 4.27. The minimum Gasteiger partial charge on any atom is -0.386 e. The van der Waals surface area contributed by atoms with E-state index < -0.39 is 23.8 Å². The van der Waals surface area contributed by atoms with Crippen molar-refractivity contribution >= 4 is 22.9 Å². The zero-order valence-corrected chi connectivity index (χ0v) is 14.0. The van der Waals surface area contributed by atoms with E-state index in [2.05, 4.69) is 15.6 Å². The quantitative estimate of drug-likeness (QED) is 0.709. The van der Waals surface area contributed by atoms with Crippen LogP contribution in [-0.4, -0.2) is 26.0 Å². The van der Waals surface area contributed by atoms with Crippen LogP contribution in [0.15, 0.2) is 48.0 Å². The number of hydrogen-bond donors (Lipinski definition) is 2. The summed E-state index contributed by atoms with van der Waals surface area (Å²) in [5.74, 6) is -0.610. The van der Waals surface area contributed by atoms with Crippen molar-refractivity contribution in [2.75, 3.05) is 5.32 Å². The molecule has 136 valence electrons. The van der Waals surface area contributed by atoms with E-state index in [1.165, 1.54) is 22.2 Å². The number of nitrogens with one attached hydrogen (secondary N) is 1. The summed E-state index contributed by atoms with van der Waals surface area (Å²) < 4.78 is 38.9. The number of aliphatic hydroxyl groups excluding tert-OH is 1. The number of aliphatic hydroxyl groups is 1. The molecule has 0 aliphatic rings. The predicted octanol–water partition coefficient (Wildman–Crippen LogP) is 3.34. The molecular formula is C16H13F3N4O2S. The van der Waals surface area contributed by atoms with Crippen molar-refractivity contribution in [3.63, 3.8) is 0 Å². The molecule has 1 amide bonds. The molecule has 0 radical (unpaired) electrons. The highest BCUT2D eigenvalue weighted by molar-refractivity contribution is 7.10. The largest absolute Gasteiger partial charge is 0.416 e. The first-order valence-electron chi connectivity index (χ1n) is 7.43. The van der Waals surface area contributed by atoms with Crippen molar-refractivity contribution in [3.05, 3.63) is 64.1 Å². The molecular weight excluding hydrogens is 369 g/mol. The Balaban J connectivity index is 1.63. The molecule has 1 atom stereocenters. The van der Waals surface area contributed by atoms with E-state index in [0.29, 0.717) is 0 Å². The van der Waals surface area contributed by atoms with Crippen LogP contribution in [0.2, 0.25) is 0 Å². The Kier molecular flexibility index (Phi) is 5.05. The average Bonchev–Trinajstić information content (AvgIpc) is 3.26. The summed E-state index contributed by atoms with van der Waals surface area (Å²) in [4.78, 5) is 12.9. The molecule has 0 saturated heterocycles. The second-order valence-corrected chi connectivity index (χ2v) is 6.37. The summed E-state index contributed by atoms with van der Waals surface area (Å²) in [5.41, 5.74) is -0.608. The number of alkyl halides is 3.